The third-order valence-electron chi connectivity index (χ3n) is 5.45. The van der Waals surface area contributed by atoms with E-state index >= 15 is 0 Å². The minimum absolute atomic E-state index is 0.000432. The lowest BCUT2D eigenvalue weighted by atomic mass is 10.1. The van der Waals surface area contributed by atoms with Crippen LogP contribution in [0, 0.1) is 0 Å². The highest BCUT2D eigenvalue weighted by Gasteiger charge is 2.29. The number of rotatable bonds is 13. The molecule has 0 bridgehead atoms. The van der Waals surface area contributed by atoms with Gasteiger partial charge in [0.2, 0.25) is 11.8 Å². The van der Waals surface area contributed by atoms with Crippen LogP contribution in [0.2, 0.25) is 0 Å². The second-order valence-corrected chi connectivity index (χ2v) is 9.01. The van der Waals surface area contributed by atoms with Crippen molar-refractivity contribution in [3.63, 3.8) is 0 Å². The fraction of sp³-hybridized carbons (Fsp3) is 0.462. The summed E-state index contributed by atoms with van der Waals surface area (Å²) < 4.78 is 5.33. The number of ether oxygens (including phenoxy) is 1. The van der Waals surface area contributed by atoms with Crippen molar-refractivity contribution in [2.24, 2.45) is 0 Å². The second kappa shape index (κ2) is 13.8. The largest absolute Gasteiger partial charge is 0.497 e. The van der Waals surface area contributed by atoms with Crippen molar-refractivity contribution in [3.05, 3.63) is 65.7 Å². The summed E-state index contributed by atoms with van der Waals surface area (Å²) in [5.41, 5.74) is 2.20. The van der Waals surface area contributed by atoms with Crippen LogP contribution in [0.15, 0.2) is 54.6 Å². The Labute approximate surface area is 196 Å². The molecular weight excluding hydrogens is 420 g/mol. The summed E-state index contributed by atoms with van der Waals surface area (Å²) in [5.74, 6) is 2.24. The van der Waals surface area contributed by atoms with Crippen molar-refractivity contribution >= 4 is 23.6 Å². The number of hydrogen-bond donors (Lipinski definition) is 1. The summed E-state index contributed by atoms with van der Waals surface area (Å²) in [6, 6.07) is 17.5. The molecule has 5 nitrogen and oxygen atoms in total. The molecule has 2 amide bonds. The number of carbonyl (C=O) groups is 2. The first-order valence-electron chi connectivity index (χ1n) is 11.3. The lowest BCUT2D eigenvalue weighted by molar-refractivity contribution is -0.141. The van der Waals surface area contributed by atoms with Crippen molar-refractivity contribution in [3.8, 4) is 5.75 Å². The van der Waals surface area contributed by atoms with Crippen LogP contribution < -0.4 is 10.1 Å². The van der Waals surface area contributed by atoms with Crippen molar-refractivity contribution in [1.29, 1.82) is 0 Å². The van der Waals surface area contributed by atoms with Crippen LogP contribution in [-0.4, -0.2) is 41.7 Å². The zero-order chi connectivity index (χ0) is 23.3. The van der Waals surface area contributed by atoms with E-state index in [0.29, 0.717) is 25.1 Å². The summed E-state index contributed by atoms with van der Waals surface area (Å²) in [7, 11) is 1.63. The molecule has 0 spiro atoms. The maximum atomic E-state index is 13.3. The van der Waals surface area contributed by atoms with E-state index in [-0.39, 0.29) is 17.9 Å². The van der Waals surface area contributed by atoms with Gasteiger partial charge in [-0.05, 0) is 43.0 Å². The summed E-state index contributed by atoms with van der Waals surface area (Å²) in [6.45, 7) is 6.36. The Bertz CT molecular complexity index is 844. The van der Waals surface area contributed by atoms with Gasteiger partial charge in [0.1, 0.15) is 11.8 Å². The monoisotopic (exact) mass is 456 g/mol. The Hall–Kier alpha value is -2.47. The highest BCUT2D eigenvalue weighted by atomic mass is 32.2. The van der Waals surface area contributed by atoms with E-state index in [1.807, 2.05) is 63.2 Å². The average molecular weight is 457 g/mol. The van der Waals surface area contributed by atoms with Gasteiger partial charge in [0, 0.05) is 30.5 Å². The van der Waals surface area contributed by atoms with Gasteiger partial charge in [0.25, 0.3) is 0 Å². The topological polar surface area (TPSA) is 58.6 Å². The normalized spacial score (nSPS) is 12.6. The molecule has 6 heteroatoms. The molecule has 0 aliphatic carbocycles. The standard InChI is InChI=1S/C26H36N2O3S/c1-5-20(3)27-26(30)24(6-2)28(18-22-13-10-14-23(17-22)31-4)25(29)15-16-32-19-21-11-8-7-9-12-21/h7-14,17,20,24H,5-6,15-16,18-19H2,1-4H3,(H,27,30). The van der Waals surface area contributed by atoms with Gasteiger partial charge in [-0.15, -0.1) is 0 Å². The zero-order valence-electron chi connectivity index (χ0n) is 19.7. The van der Waals surface area contributed by atoms with Gasteiger partial charge in [-0.2, -0.15) is 11.8 Å². The molecule has 0 fully saturated rings. The molecule has 2 unspecified atom stereocenters. The molecule has 0 aliphatic heterocycles. The van der Waals surface area contributed by atoms with Crippen molar-refractivity contribution in [1.82, 2.24) is 10.2 Å². The first-order valence-corrected chi connectivity index (χ1v) is 12.5. The molecule has 174 valence electrons. The SMILES string of the molecule is CCC(C)NC(=O)C(CC)N(Cc1cccc(OC)c1)C(=O)CCSCc1ccccc1. The molecule has 2 atom stereocenters. The number of nitrogens with zero attached hydrogens (tertiary/aromatic N) is 1. The van der Waals surface area contributed by atoms with Crippen molar-refractivity contribution < 1.29 is 14.3 Å². The average Bonchev–Trinajstić information content (AvgIpc) is 2.82. The minimum atomic E-state index is -0.498. The van der Waals surface area contributed by atoms with E-state index in [2.05, 4.69) is 17.4 Å². The van der Waals surface area contributed by atoms with Crippen LogP contribution in [0.4, 0.5) is 0 Å². The van der Waals surface area contributed by atoms with Crippen LogP contribution in [-0.2, 0) is 21.9 Å². The van der Waals surface area contributed by atoms with Gasteiger partial charge < -0.3 is 15.0 Å². The summed E-state index contributed by atoms with van der Waals surface area (Å²) in [5, 5.41) is 3.05. The van der Waals surface area contributed by atoms with E-state index in [4.69, 9.17) is 4.74 Å². The van der Waals surface area contributed by atoms with Crippen LogP contribution in [0.5, 0.6) is 5.75 Å². The summed E-state index contributed by atoms with van der Waals surface area (Å²) in [6.07, 6.45) is 1.81. The Morgan fingerprint density at radius 1 is 1.03 bits per heavy atom. The van der Waals surface area contributed by atoms with Crippen LogP contribution in [0.1, 0.15) is 51.2 Å². The first kappa shape index (κ1) is 25.8. The number of amides is 2. The van der Waals surface area contributed by atoms with Crippen molar-refractivity contribution in [2.45, 2.75) is 64.4 Å². The Morgan fingerprint density at radius 3 is 2.41 bits per heavy atom. The summed E-state index contributed by atoms with van der Waals surface area (Å²) in [4.78, 5) is 28.0. The summed E-state index contributed by atoms with van der Waals surface area (Å²) >= 11 is 1.74. The molecule has 32 heavy (non-hydrogen) atoms. The maximum Gasteiger partial charge on any atom is 0.243 e. The van der Waals surface area contributed by atoms with Crippen LogP contribution >= 0.6 is 11.8 Å². The smallest absolute Gasteiger partial charge is 0.243 e. The number of thioether (sulfide) groups is 1. The quantitative estimate of drug-likeness (QED) is 0.429. The molecule has 0 saturated carbocycles. The van der Waals surface area contributed by atoms with Gasteiger partial charge in [0.15, 0.2) is 0 Å². The van der Waals surface area contributed by atoms with E-state index in [1.165, 1.54) is 5.56 Å². The predicted molar refractivity (Wildman–Crippen MR) is 133 cm³/mol. The van der Waals surface area contributed by atoms with E-state index in [9.17, 15) is 9.59 Å². The Morgan fingerprint density at radius 2 is 1.75 bits per heavy atom. The van der Waals surface area contributed by atoms with Gasteiger partial charge >= 0.3 is 0 Å². The van der Waals surface area contributed by atoms with E-state index < -0.39 is 6.04 Å². The van der Waals surface area contributed by atoms with Gasteiger partial charge in [-0.25, -0.2) is 0 Å². The molecule has 0 saturated heterocycles. The van der Waals surface area contributed by atoms with Crippen molar-refractivity contribution in [2.75, 3.05) is 12.9 Å². The number of hydrogen-bond acceptors (Lipinski definition) is 4. The lowest BCUT2D eigenvalue weighted by Crippen LogP contribution is -2.50. The van der Waals surface area contributed by atoms with Crippen LogP contribution in [0.3, 0.4) is 0 Å². The number of benzene rings is 2. The van der Waals surface area contributed by atoms with Crippen LogP contribution in [0.25, 0.3) is 0 Å². The number of nitrogens with one attached hydrogen (secondary N) is 1. The van der Waals surface area contributed by atoms with E-state index in [1.54, 1.807) is 23.8 Å². The molecule has 0 heterocycles. The molecule has 0 radical (unpaired) electrons. The number of carbonyl (C=O) groups excluding carboxylic acids is 2. The Balaban J connectivity index is 2.09. The first-order chi connectivity index (χ1) is 15.5. The van der Waals surface area contributed by atoms with Gasteiger partial charge in [-0.3, -0.25) is 9.59 Å². The third kappa shape index (κ3) is 8.23. The minimum Gasteiger partial charge on any atom is -0.497 e. The fourth-order valence-corrected chi connectivity index (χ4v) is 4.29. The zero-order valence-corrected chi connectivity index (χ0v) is 20.5. The molecule has 0 aromatic heterocycles. The van der Waals surface area contributed by atoms with E-state index in [0.717, 1.165) is 23.5 Å². The number of methoxy groups -OCH3 is 1. The highest BCUT2D eigenvalue weighted by Crippen LogP contribution is 2.19. The lowest BCUT2D eigenvalue weighted by Gasteiger charge is -2.31. The molecule has 2 aromatic carbocycles. The molecular formula is C26H36N2O3S. The third-order valence-corrected chi connectivity index (χ3v) is 6.48. The Kier molecular flexibility index (Phi) is 11.2. The molecule has 1 N–H and O–H groups in total. The molecule has 0 aliphatic rings. The molecule has 2 aromatic rings. The highest BCUT2D eigenvalue weighted by molar-refractivity contribution is 7.98. The predicted octanol–water partition coefficient (Wildman–Crippen LogP) is 5.04. The second-order valence-electron chi connectivity index (χ2n) is 7.90. The van der Waals surface area contributed by atoms with Gasteiger partial charge in [-0.1, -0.05) is 56.3 Å². The fourth-order valence-electron chi connectivity index (χ4n) is 3.40. The maximum absolute atomic E-state index is 13.3. The molecule has 2 rings (SSSR count). The van der Waals surface area contributed by atoms with Gasteiger partial charge in [0.05, 0.1) is 7.11 Å².